The third-order valence-electron chi connectivity index (χ3n) is 3.06. The summed E-state index contributed by atoms with van der Waals surface area (Å²) in [5.41, 5.74) is 3.08. The maximum absolute atomic E-state index is 13.1. The van der Waals surface area contributed by atoms with Crippen LogP contribution < -0.4 is 5.32 Å². The van der Waals surface area contributed by atoms with E-state index in [1.807, 2.05) is 0 Å². The van der Waals surface area contributed by atoms with Gasteiger partial charge in [-0.25, -0.2) is 4.39 Å². The summed E-state index contributed by atoms with van der Waals surface area (Å²) in [6.07, 6.45) is 0. The number of nitrogens with one attached hydrogen (secondary N) is 1. The van der Waals surface area contributed by atoms with E-state index in [1.54, 1.807) is 6.07 Å². The van der Waals surface area contributed by atoms with Gasteiger partial charge >= 0.3 is 0 Å². The molecule has 0 radical (unpaired) electrons. The van der Waals surface area contributed by atoms with Crippen LogP contribution in [0.4, 0.5) is 10.1 Å². The van der Waals surface area contributed by atoms with E-state index in [4.69, 9.17) is 11.6 Å². The Morgan fingerprint density at radius 1 is 1.11 bits per heavy atom. The molecule has 19 heavy (non-hydrogen) atoms. The van der Waals surface area contributed by atoms with Gasteiger partial charge in [-0.2, -0.15) is 0 Å². The standard InChI is InChI=1S/C16H17ClFN/c1-11(2)13-5-3-12(4-6-13)10-19-16-9-14(18)7-8-15(16)17/h3-9,11,19H,10H2,1-2H3. The molecule has 100 valence electrons. The van der Waals surface area contributed by atoms with Gasteiger partial charge in [-0.05, 0) is 35.2 Å². The second kappa shape index (κ2) is 6.07. The van der Waals surface area contributed by atoms with E-state index in [2.05, 4.69) is 43.4 Å². The van der Waals surface area contributed by atoms with Crippen molar-refractivity contribution in [2.24, 2.45) is 0 Å². The van der Waals surface area contributed by atoms with Crippen molar-refractivity contribution in [3.8, 4) is 0 Å². The SMILES string of the molecule is CC(C)c1ccc(CNc2cc(F)ccc2Cl)cc1. The van der Waals surface area contributed by atoms with Gasteiger partial charge in [-0.15, -0.1) is 0 Å². The molecule has 1 N–H and O–H groups in total. The van der Waals surface area contributed by atoms with E-state index >= 15 is 0 Å². The van der Waals surface area contributed by atoms with Crippen LogP contribution >= 0.6 is 11.6 Å². The molecule has 1 nitrogen and oxygen atoms in total. The summed E-state index contributed by atoms with van der Waals surface area (Å²) in [4.78, 5) is 0. The first-order chi connectivity index (χ1) is 9.06. The molecule has 0 aliphatic carbocycles. The lowest BCUT2D eigenvalue weighted by Crippen LogP contribution is -2.00. The first-order valence-electron chi connectivity index (χ1n) is 6.34. The summed E-state index contributed by atoms with van der Waals surface area (Å²) in [6, 6.07) is 12.7. The normalized spacial score (nSPS) is 10.8. The predicted octanol–water partition coefficient (Wildman–Crippen LogP) is 5.21. The molecule has 3 heteroatoms. The number of benzene rings is 2. The summed E-state index contributed by atoms with van der Waals surface area (Å²) in [6.45, 7) is 4.96. The van der Waals surface area contributed by atoms with Crippen molar-refractivity contribution in [1.82, 2.24) is 0 Å². The molecule has 0 spiro atoms. The molecular weight excluding hydrogens is 261 g/mol. The minimum atomic E-state index is -0.290. The molecule has 0 amide bonds. The monoisotopic (exact) mass is 277 g/mol. The molecule has 0 atom stereocenters. The average molecular weight is 278 g/mol. The quantitative estimate of drug-likeness (QED) is 0.808. The molecular formula is C16H17ClFN. The van der Waals surface area contributed by atoms with Crippen molar-refractivity contribution in [3.05, 3.63) is 64.4 Å². The Balaban J connectivity index is 2.04. The second-order valence-corrected chi connectivity index (χ2v) is 5.28. The largest absolute Gasteiger partial charge is 0.380 e. The highest BCUT2D eigenvalue weighted by atomic mass is 35.5. The zero-order valence-corrected chi connectivity index (χ0v) is 11.8. The number of hydrogen-bond donors (Lipinski definition) is 1. The fraction of sp³-hybridized carbons (Fsp3) is 0.250. The Morgan fingerprint density at radius 2 is 1.79 bits per heavy atom. The van der Waals surface area contributed by atoms with Gasteiger partial charge in [0.25, 0.3) is 0 Å². The maximum atomic E-state index is 13.1. The van der Waals surface area contributed by atoms with Crippen LogP contribution in [-0.4, -0.2) is 0 Å². The van der Waals surface area contributed by atoms with Crippen molar-refractivity contribution in [2.45, 2.75) is 26.3 Å². The third-order valence-corrected chi connectivity index (χ3v) is 3.39. The highest BCUT2D eigenvalue weighted by Gasteiger charge is 2.03. The Labute approximate surface area is 118 Å². The van der Waals surface area contributed by atoms with Crippen molar-refractivity contribution in [3.63, 3.8) is 0 Å². The summed E-state index contributed by atoms with van der Waals surface area (Å²) in [5.74, 6) is 0.238. The van der Waals surface area contributed by atoms with E-state index in [-0.39, 0.29) is 5.82 Å². The smallest absolute Gasteiger partial charge is 0.125 e. The van der Waals surface area contributed by atoms with Crippen LogP contribution in [0.15, 0.2) is 42.5 Å². The van der Waals surface area contributed by atoms with Crippen molar-refractivity contribution in [2.75, 3.05) is 5.32 Å². The summed E-state index contributed by atoms with van der Waals surface area (Å²) in [7, 11) is 0. The molecule has 2 rings (SSSR count). The van der Waals surface area contributed by atoms with Crippen LogP contribution in [0.1, 0.15) is 30.9 Å². The highest BCUT2D eigenvalue weighted by Crippen LogP contribution is 2.23. The van der Waals surface area contributed by atoms with Crippen molar-refractivity contribution >= 4 is 17.3 Å². The minimum absolute atomic E-state index is 0.290. The van der Waals surface area contributed by atoms with Gasteiger partial charge in [0.2, 0.25) is 0 Å². The topological polar surface area (TPSA) is 12.0 Å². The van der Waals surface area contributed by atoms with Crippen LogP contribution in [0.3, 0.4) is 0 Å². The fourth-order valence-corrected chi connectivity index (χ4v) is 2.04. The first-order valence-corrected chi connectivity index (χ1v) is 6.72. The van der Waals surface area contributed by atoms with Crippen molar-refractivity contribution < 1.29 is 4.39 Å². The lowest BCUT2D eigenvalue weighted by atomic mass is 10.0. The molecule has 2 aromatic carbocycles. The number of halogens is 2. The summed E-state index contributed by atoms with van der Waals surface area (Å²) in [5, 5.41) is 3.67. The Bertz CT molecular complexity index is 549. The van der Waals surface area contributed by atoms with Crippen molar-refractivity contribution in [1.29, 1.82) is 0 Å². The van der Waals surface area contributed by atoms with Crippen LogP contribution in [0.2, 0.25) is 5.02 Å². The van der Waals surface area contributed by atoms with Gasteiger partial charge in [0.15, 0.2) is 0 Å². The zero-order chi connectivity index (χ0) is 13.8. The fourth-order valence-electron chi connectivity index (χ4n) is 1.85. The molecule has 0 saturated carbocycles. The number of hydrogen-bond acceptors (Lipinski definition) is 1. The second-order valence-electron chi connectivity index (χ2n) is 4.87. The zero-order valence-electron chi connectivity index (χ0n) is 11.1. The molecule has 0 aromatic heterocycles. The Kier molecular flexibility index (Phi) is 4.43. The van der Waals surface area contributed by atoms with Gasteiger partial charge in [-0.3, -0.25) is 0 Å². The predicted molar refractivity (Wildman–Crippen MR) is 79.3 cm³/mol. The van der Waals surface area contributed by atoms with Crippen LogP contribution in [0.25, 0.3) is 0 Å². The molecule has 2 aromatic rings. The molecule has 0 fully saturated rings. The molecule has 0 aliphatic heterocycles. The summed E-state index contributed by atoms with van der Waals surface area (Å²) < 4.78 is 13.1. The van der Waals surface area contributed by atoms with E-state index in [0.717, 1.165) is 5.56 Å². The van der Waals surface area contributed by atoms with Gasteiger partial charge in [-0.1, -0.05) is 49.7 Å². The molecule has 0 bridgehead atoms. The molecule has 0 saturated heterocycles. The lowest BCUT2D eigenvalue weighted by molar-refractivity contribution is 0.628. The van der Waals surface area contributed by atoms with Gasteiger partial charge in [0, 0.05) is 6.54 Å². The van der Waals surface area contributed by atoms with Gasteiger partial charge < -0.3 is 5.32 Å². The van der Waals surface area contributed by atoms with Gasteiger partial charge in [0.05, 0.1) is 10.7 Å². The average Bonchev–Trinajstić information content (AvgIpc) is 2.40. The molecule has 0 unspecified atom stereocenters. The Hall–Kier alpha value is -1.54. The molecule has 0 aliphatic rings. The number of anilines is 1. The Morgan fingerprint density at radius 3 is 2.42 bits per heavy atom. The lowest BCUT2D eigenvalue weighted by Gasteiger charge is -2.10. The molecule has 0 heterocycles. The third kappa shape index (κ3) is 3.71. The van der Waals surface area contributed by atoms with Crippen LogP contribution in [-0.2, 0) is 6.54 Å². The van der Waals surface area contributed by atoms with Crippen LogP contribution in [0, 0.1) is 5.82 Å². The highest BCUT2D eigenvalue weighted by molar-refractivity contribution is 6.33. The van der Waals surface area contributed by atoms with Gasteiger partial charge in [0.1, 0.15) is 5.82 Å². The minimum Gasteiger partial charge on any atom is -0.380 e. The maximum Gasteiger partial charge on any atom is 0.125 e. The summed E-state index contributed by atoms with van der Waals surface area (Å²) >= 11 is 6.00. The first kappa shape index (κ1) is 13.9. The number of rotatable bonds is 4. The van der Waals surface area contributed by atoms with Crippen LogP contribution in [0.5, 0.6) is 0 Å². The van der Waals surface area contributed by atoms with E-state index in [9.17, 15) is 4.39 Å². The van der Waals surface area contributed by atoms with E-state index in [0.29, 0.717) is 23.2 Å². The van der Waals surface area contributed by atoms with E-state index < -0.39 is 0 Å². The van der Waals surface area contributed by atoms with E-state index in [1.165, 1.54) is 17.7 Å².